The van der Waals surface area contributed by atoms with Gasteiger partial charge in [0.25, 0.3) is 0 Å². The molecule has 7 nitrogen and oxygen atoms in total. The maximum atomic E-state index is 12.5. The molecular weight excluding hydrogens is 398 g/mol. The Morgan fingerprint density at radius 2 is 1.52 bits per heavy atom. The van der Waals surface area contributed by atoms with E-state index in [1.807, 2.05) is 0 Å². The van der Waals surface area contributed by atoms with Crippen molar-refractivity contribution in [1.82, 2.24) is 10.2 Å². The van der Waals surface area contributed by atoms with Crippen molar-refractivity contribution in [3.05, 3.63) is 46.4 Å². The SMILES string of the molecule is O=S(=O)(F)Oc1ccc(-c2nnc(-c3cc(Cl)c(O)c(Cl)c3)o2)cc1. The van der Waals surface area contributed by atoms with Crippen LogP contribution in [0.1, 0.15) is 0 Å². The van der Waals surface area contributed by atoms with Gasteiger partial charge in [0.05, 0.1) is 10.0 Å². The average molecular weight is 405 g/mol. The third-order valence-electron chi connectivity index (χ3n) is 2.99. The normalized spacial score (nSPS) is 11.5. The lowest BCUT2D eigenvalue weighted by Crippen LogP contribution is -2.00. The first kappa shape index (κ1) is 17.5. The number of hydrogen-bond acceptors (Lipinski definition) is 7. The summed E-state index contributed by atoms with van der Waals surface area (Å²) in [6, 6.07) is 8.09. The number of aromatic hydroxyl groups is 1. The highest BCUT2D eigenvalue weighted by Crippen LogP contribution is 2.36. The summed E-state index contributed by atoms with van der Waals surface area (Å²) in [5.74, 6) is -0.247. The zero-order valence-electron chi connectivity index (χ0n) is 12.0. The van der Waals surface area contributed by atoms with Gasteiger partial charge in [-0.3, -0.25) is 0 Å². The van der Waals surface area contributed by atoms with Gasteiger partial charge in [0.15, 0.2) is 5.75 Å². The first-order valence-corrected chi connectivity index (χ1v) is 8.56. The van der Waals surface area contributed by atoms with Gasteiger partial charge in [-0.25, -0.2) is 0 Å². The molecule has 0 saturated carbocycles. The van der Waals surface area contributed by atoms with E-state index >= 15 is 0 Å². The summed E-state index contributed by atoms with van der Waals surface area (Å²) in [5.41, 5.74) is 0.841. The molecule has 1 aromatic heterocycles. The van der Waals surface area contributed by atoms with Crippen LogP contribution in [0.15, 0.2) is 40.8 Å². The Balaban J connectivity index is 1.89. The molecule has 0 radical (unpaired) electrons. The van der Waals surface area contributed by atoms with Gasteiger partial charge in [0, 0.05) is 11.1 Å². The Morgan fingerprint density at radius 3 is 2.04 bits per heavy atom. The van der Waals surface area contributed by atoms with Gasteiger partial charge in [0.1, 0.15) is 5.75 Å². The van der Waals surface area contributed by atoms with Crippen LogP contribution < -0.4 is 4.18 Å². The number of aromatic nitrogens is 2. The Kier molecular flexibility index (Phi) is 4.55. The average Bonchev–Trinajstić information content (AvgIpc) is 3.01. The zero-order valence-corrected chi connectivity index (χ0v) is 14.3. The minimum absolute atomic E-state index is 0.0242. The molecule has 0 amide bonds. The molecule has 130 valence electrons. The van der Waals surface area contributed by atoms with Crippen LogP contribution in [0.4, 0.5) is 3.89 Å². The molecule has 0 aliphatic heterocycles. The molecule has 0 atom stereocenters. The second kappa shape index (κ2) is 6.51. The van der Waals surface area contributed by atoms with Crippen LogP contribution in [0.25, 0.3) is 22.9 Å². The Hall–Kier alpha value is -2.36. The fourth-order valence-electron chi connectivity index (χ4n) is 1.91. The largest absolute Gasteiger partial charge is 0.505 e. The second-order valence-electron chi connectivity index (χ2n) is 4.70. The first-order chi connectivity index (χ1) is 11.7. The van der Waals surface area contributed by atoms with Gasteiger partial charge in [-0.1, -0.05) is 27.1 Å². The van der Waals surface area contributed by atoms with E-state index in [4.69, 9.17) is 27.6 Å². The molecular formula is C14H7Cl2FN2O5S. The van der Waals surface area contributed by atoms with E-state index in [-0.39, 0.29) is 33.3 Å². The van der Waals surface area contributed by atoms with Crippen molar-refractivity contribution in [3.63, 3.8) is 0 Å². The van der Waals surface area contributed by atoms with E-state index in [2.05, 4.69) is 14.4 Å². The Morgan fingerprint density at radius 1 is 1.00 bits per heavy atom. The highest BCUT2D eigenvalue weighted by atomic mass is 35.5. The molecule has 25 heavy (non-hydrogen) atoms. The molecule has 1 N–H and O–H groups in total. The van der Waals surface area contributed by atoms with Crippen molar-refractivity contribution in [2.75, 3.05) is 0 Å². The topological polar surface area (TPSA) is 103 Å². The lowest BCUT2D eigenvalue weighted by molar-refractivity contribution is 0.440. The van der Waals surface area contributed by atoms with Crippen molar-refractivity contribution in [2.45, 2.75) is 0 Å². The standard InChI is InChI=1S/C14H7Cl2FN2O5S/c15-10-5-8(6-11(16)12(10)20)14-19-18-13(23-14)7-1-3-9(4-2-7)24-25(17,21)22/h1-6,20H. The number of benzene rings is 2. The van der Waals surface area contributed by atoms with E-state index in [0.29, 0.717) is 11.1 Å². The van der Waals surface area contributed by atoms with Crippen LogP contribution in [-0.4, -0.2) is 23.7 Å². The van der Waals surface area contributed by atoms with Crippen molar-refractivity contribution in [2.24, 2.45) is 0 Å². The van der Waals surface area contributed by atoms with Crippen LogP contribution >= 0.6 is 23.2 Å². The lowest BCUT2D eigenvalue weighted by Gasteiger charge is -2.02. The van der Waals surface area contributed by atoms with Gasteiger partial charge in [-0.05, 0) is 36.4 Å². The summed E-state index contributed by atoms with van der Waals surface area (Å²) >= 11 is 11.7. The van der Waals surface area contributed by atoms with E-state index in [1.165, 1.54) is 36.4 Å². The fraction of sp³-hybridized carbons (Fsp3) is 0. The maximum absolute atomic E-state index is 12.5. The monoisotopic (exact) mass is 404 g/mol. The molecule has 2 aromatic carbocycles. The number of hydrogen-bond donors (Lipinski definition) is 1. The number of rotatable bonds is 4. The van der Waals surface area contributed by atoms with Crippen LogP contribution in [-0.2, 0) is 10.5 Å². The van der Waals surface area contributed by atoms with Crippen molar-refractivity contribution in [1.29, 1.82) is 0 Å². The summed E-state index contributed by atoms with van der Waals surface area (Å²) in [4.78, 5) is 0. The molecule has 0 bridgehead atoms. The van der Waals surface area contributed by atoms with Crippen LogP contribution in [0.2, 0.25) is 10.0 Å². The zero-order chi connectivity index (χ0) is 18.2. The van der Waals surface area contributed by atoms with E-state index in [0.717, 1.165) is 0 Å². The fourth-order valence-corrected chi connectivity index (χ4v) is 2.74. The molecule has 0 spiro atoms. The highest BCUT2D eigenvalue weighted by Gasteiger charge is 2.15. The minimum Gasteiger partial charge on any atom is -0.505 e. The molecule has 11 heteroatoms. The van der Waals surface area contributed by atoms with Crippen LogP contribution in [0, 0.1) is 0 Å². The molecule has 1 heterocycles. The number of phenols is 1. The smallest absolute Gasteiger partial charge is 0.488 e. The van der Waals surface area contributed by atoms with Gasteiger partial charge < -0.3 is 13.7 Å². The predicted molar refractivity (Wildman–Crippen MR) is 87.5 cm³/mol. The number of nitrogens with zero attached hydrogens (tertiary/aromatic N) is 2. The molecule has 0 saturated heterocycles. The molecule has 0 fully saturated rings. The quantitative estimate of drug-likeness (QED) is 0.655. The summed E-state index contributed by atoms with van der Waals surface area (Å²) in [6.07, 6.45) is 0. The van der Waals surface area contributed by atoms with Gasteiger partial charge in [-0.2, -0.15) is 8.42 Å². The van der Waals surface area contributed by atoms with E-state index < -0.39 is 10.5 Å². The van der Waals surface area contributed by atoms with E-state index in [9.17, 15) is 17.4 Å². The predicted octanol–water partition coefficient (Wildman–Crippen LogP) is 4.01. The van der Waals surface area contributed by atoms with Crippen molar-refractivity contribution >= 4 is 33.7 Å². The van der Waals surface area contributed by atoms with Crippen molar-refractivity contribution in [3.8, 4) is 34.4 Å². The Bertz CT molecular complexity index is 1010. The molecule has 0 aliphatic rings. The van der Waals surface area contributed by atoms with Crippen LogP contribution in [0.3, 0.4) is 0 Å². The summed E-state index contributed by atoms with van der Waals surface area (Å²) in [6.45, 7) is 0. The minimum atomic E-state index is -5.10. The molecule has 0 unspecified atom stereocenters. The number of phenolic OH excluding ortho intramolecular Hbond substituents is 1. The summed E-state index contributed by atoms with van der Waals surface area (Å²) in [5, 5.41) is 17.3. The summed E-state index contributed by atoms with van der Waals surface area (Å²) in [7, 11) is -5.10. The molecule has 3 aromatic rings. The lowest BCUT2D eigenvalue weighted by atomic mass is 10.2. The first-order valence-electron chi connectivity index (χ1n) is 6.49. The second-order valence-corrected chi connectivity index (χ2v) is 6.47. The number of halogens is 3. The van der Waals surface area contributed by atoms with Gasteiger partial charge in [0.2, 0.25) is 11.8 Å². The van der Waals surface area contributed by atoms with Crippen molar-refractivity contribution < 1.29 is 26.0 Å². The molecule has 0 aliphatic carbocycles. The highest BCUT2D eigenvalue weighted by molar-refractivity contribution is 7.81. The molecule has 3 rings (SSSR count). The third kappa shape index (κ3) is 4.01. The Labute approximate surface area is 151 Å². The van der Waals surface area contributed by atoms with Crippen LogP contribution in [0.5, 0.6) is 11.5 Å². The third-order valence-corrected chi connectivity index (χ3v) is 3.95. The van der Waals surface area contributed by atoms with Gasteiger partial charge in [-0.15, -0.1) is 10.2 Å². The maximum Gasteiger partial charge on any atom is 0.488 e. The van der Waals surface area contributed by atoms with Gasteiger partial charge >= 0.3 is 10.5 Å². The van der Waals surface area contributed by atoms with E-state index in [1.54, 1.807) is 0 Å². The summed E-state index contributed by atoms with van der Waals surface area (Å²) < 4.78 is 42.9.